The number of carbonyl (C=O) groups is 3. The van der Waals surface area contributed by atoms with Gasteiger partial charge >= 0.3 is 11.9 Å². The number of rotatable bonds is 5. The molecule has 0 saturated heterocycles. The average molecular weight is 240 g/mol. The van der Waals surface area contributed by atoms with E-state index >= 15 is 0 Å². The van der Waals surface area contributed by atoms with Crippen LogP contribution in [0, 0.1) is 5.92 Å². The lowest BCUT2D eigenvalue weighted by atomic mass is 9.94. The average Bonchev–Trinajstić information content (AvgIpc) is 2.77. The van der Waals surface area contributed by atoms with Crippen molar-refractivity contribution in [3.8, 4) is 0 Å². The Morgan fingerprint density at radius 2 is 1.59 bits per heavy atom. The van der Waals surface area contributed by atoms with E-state index in [2.05, 4.69) is 0 Å². The summed E-state index contributed by atoms with van der Waals surface area (Å²) in [5, 5.41) is 17.7. The van der Waals surface area contributed by atoms with Gasteiger partial charge in [0.1, 0.15) is 5.78 Å². The fourth-order valence-electron chi connectivity index (χ4n) is 2.06. The first-order chi connectivity index (χ1) is 7.93. The number of aliphatic carboxylic acids is 2. The first-order valence-corrected chi connectivity index (χ1v) is 5.62. The molecule has 94 valence electrons. The van der Waals surface area contributed by atoms with Gasteiger partial charge in [0.15, 0.2) is 0 Å². The second-order valence-corrected chi connectivity index (χ2v) is 4.34. The third-order valence-electron chi connectivity index (χ3n) is 3.19. The Balaban J connectivity index is 2.81. The predicted molar refractivity (Wildman–Crippen MR) is 59.6 cm³/mol. The molecular formula is C12H16O5. The van der Waals surface area contributed by atoms with Gasteiger partial charge in [0.2, 0.25) is 0 Å². The zero-order valence-electron chi connectivity index (χ0n) is 9.73. The maximum absolute atomic E-state index is 11.8. The van der Waals surface area contributed by atoms with E-state index in [1.165, 1.54) is 6.92 Å². The van der Waals surface area contributed by atoms with E-state index in [1.807, 2.05) is 0 Å². The van der Waals surface area contributed by atoms with Gasteiger partial charge in [-0.1, -0.05) is 12.8 Å². The number of hydrogen-bond acceptors (Lipinski definition) is 3. The van der Waals surface area contributed by atoms with Gasteiger partial charge in [-0.15, -0.1) is 0 Å². The molecule has 5 heteroatoms. The van der Waals surface area contributed by atoms with E-state index in [1.54, 1.807) is 0 Å². The quantitative estimate of drug-likeness (QED) is 0.712. The minimum Gasteiger partial charge on any atom is -0.478 e. The molecule has 0 bridgehead atoms. The first-order valence-electron chi connectivity index (χ1n) is 5.62. The molecule has 0 unspecified atom stereocenters. The van der Waals surface area contributed by atoms with Gasteiger partial charge < -0.3 is 10.2 Å². The molecule has 1 aliphatic carbocycles. The number of carboxylic acid groups (broad SMARTS) is 2. The number of carbonyl (C=O) groups excluding carboxylic acids is 1. The summed E-state index contributed by atoms with van der Waals surface area (Å²) in [4.78, 5) is 33.4. The van der Waals surface area contributed by atoms with Crippen LogP contribution in [0.2, 0.25) is 0 Å². The van der Waals surface area contributed by atoms with E-state index in [4.69, 9.17) is 10.2 Å². The van der Waals surface area contributed by atoms with Crippen molar-refractivity contribution in [1.82, 2.24) is 0 Å². The summed E-state index contributed by atoms with van der Waals surface area (Å²) in [5.74, 6) is -2.86. The second kappa shape index (κ2) is 5.61. The van der Waals surface area contributed by atoms with Crippen LogP contribution in [0.1, 0.15) is 39.0 Å². The molecule has 0 heterocycles. The number of carboxylic acids is 2. The lowest BCUT2D eigenvalue weighted by Gasteiger charge is -2.09. The minimum absolute atomic E-state index is 0.0917. The Morgan fingerprint density at radius 3 is 2.00 bits per heavy atom. The minimum atomic E-state index is -1.32. The highest BCUT2D eigenvalue weighted by atomic mass is 16.4. The van der Waals surface area contributed by atoms with Gasteiger partial charge in [0, 0.05) is 17.9 Å². The Kier molecular flexibility index (Phi) is 4.43. The highest BCUT2D eigenvalue weighted by Gasteiger charge is 2.26. The Hall–Kier alpha value is -1.65. The fraction of sp³-hybridized carbons (Fsp3) is 0.583. The molecule has 1 aliphatic rings. The van der Waals surface area contributed by atoms with Gasteiger partial charge in [-0.25, -0.2) is 9.59 Å². The SMILES string of the molecule is CC(C(=O)O)=C(CC(=O)C1CCCC1)C(=O)O. The molecule has 0 aromatic rings. The zero-order valence-corrected chi connectivity index (χ0v) is 9.73. The normalized spacial score (nSPS) is 17.7. The van der Waals surface area contributed by atoms with Gasteiger partial charge in [-0.3, -0.25) is 4.79 Å². The topological polar surface area (TPSA) is 91.7 Å². The van der Waals surface area contributed by atoms with Gasteiger partial charge in [-0.05, 0) is 19.8 Å². The van der Waals surface area contributed by atoms with Crippen molar-refractivity contribution in [3.05, 3.63) is 11.1 Å². The third-order valence-corrected chi connectivity index (χ3v) is 3.19. The van der Waals surface area contributed by atoms with E-state index in [9.17, 15) is 14.4 Å². The molecule has 1 rings (SSSR count). The van der Waals surface area contributed by atoms with Gasteiger partial charge in [0.05, 0.1) is 5.57 Å². The molecule has 0 radical (unpaired) electrons. The van der Waals surface area contributed by atoms with Crippen LogP contribution in [0.15, 0.2) is 11.1 Å². The van der Waals surface area contributed by atoms with Crippen molar-refractivity contribution in [2.75, 3.05) is 0 Å². The highest BCUT2D eigenvalue weighted by Crippen LogP contribution is 2.28. The van der Waals surface area contributed by atoms with Crippen molar-refractivity contribution >= 4 is 17.7 Å². The summed E-state index contributed by atoms with van der Waals surface area (Å²) < 4.78 is 0. The maximum Gasteiger partial charge on any atom is 0.332 e. The molecule has 1 saturated carbocycles. The highest BCUT2D eigenvalue weighted by molar-refractivity contribution is 6.02. The van der Waals surface area contributed by atoms with Crippen molar-refractivity contribution in [1.29, 1.82) is 0 Å². The van der Waals surface area contributed by atoms with Crippen molar-refractivity contribution in [2.45, 2.75) is 39.0 Å². The van der Waals surface area contributed by atoms with E-state index in [0.717, 1.165) is 25.7 Å². The van der Waals surface area contributed by atoms with Crippen LogP contribution in [-0.4, -0.2) is 27.9 Å². The Labute approximate surface area is 99.1 Å². The summed E-state index contributed by atoms with van der Waals surface area (Å²) in [6.07, 6.45) is 3.27. The maximum atomic E-state index is 11.8. The zero-order chi connectivity index (χ0) is 13.0. The van der Waals surface area contributed by atoms with Gasteiger partial charge in [0.25, 0.3) is 0 Å². The van der Waals surface area contributed by atoms with Crippen LogP contribution in [0.3, 0.4) is 0 Å². The molecule has 1 fully saturated rings. The lowest BCUT2D eigenvalue weighted by Crippen LogP contribution is -2.17. The van der Waals surface area contributed by atoms with E-state index in [0.29, 0.717) is 0 Å². The van der Waals surface area contributed by atoms with Crippen molar-refractivity contribution in [3.63, 3.8) is 0 Å². The van der Waals surface area contributed by atoms with E-state index in [-0.39, 0.29) is 29.3 Å². The monoisotopic (exact) mass is 240 g/mol. The van der Waals surface area contributed by atoms with E-state index < -0.39 is 11.9 Å². The predicted octanol–water partition coefficient (Wildman–Crippen LogP) is 1.62. The Bertz CT molecular complexity index is 374. The van der Waals surface area contributed by atoms with Crippen LogP contribution in [0.5, 0.6) is 0 Å². The standard InChI is InChI=1S/C12H16O5/c1-7(11(14)15)9(12(16)17)6-10(13)8-4-2-3-5-8/h8H,2-6H2,1H3,(H,14,15)(H,16,17). The van der Waals surface area contributed by atoms with Crippen LogP contribution < -0.4 is 0 Å². The number of Topliss-reactive ketones (excluding diaryl/α,β-unsaturated/α-hetero) is 1. The number of ketones is 1. The van der Waals surface area contributed by atoms with Crippen molar-refractivity contribution in [2.24, 2.45) is 5.92 Å². The smallest absolute Gasteiger partial charge is 0.332 e. The molecule has 0 amide bonds. The summed E-state index contributed by atoms with van der Waals surface area (Å²) in [6, 6.07) is 0. The van der Waals surface area contributed by atoms with Crippen LogP contribution in [0.4, 0.5) is 0 Å². The summed E-state index contributed by atoms with van der Waals surface area (Å²) >= 11 is 0. The second-order valence-electron chi connectivity index (χ2n) is 4.34. The first kappa shape index (κ1) is 13.4. The van der Waals surface area contributed by atoms with Crippen LogP contribution >= 0.6 is 0 Å². The molecule has 5 nitrogen and oxygen atoms in total. The molecule has 0 aliphatic heterocycles. The molecule has 17 heavy (non-hydrogen) atoms. The van der Waals surface area contributed by atoms with Crippen LogP contribution in [0.25, 0.3) is 0 Å². The summed E-state index contributed by atoms with van der Waals surface area (Å²) in [6.45, 7) is 1.22. The molecule has 0 aromatic heterocycles. The molecular weight excluding hydrogens is 224 g/mol. The fourth-order valence-corrected chi connectivity index (χ4v) is 2.06. The molecule has 0 spiro atoms. The Morgan fingerprint density at radius 1 is 1.06 bits per heavy atom. The molecule has 0 atom stereocenters. The van der Waals surface area contributed by atoms with Crippen molar-refractivity contribution < 1.29 is 24.6 Å². The third kappa shape index (κ3) is 3.41. The van der Waals surface area contributed by atoms with Gasteiger partial charge in [-0.2, -0.15) is 0 Å². The lowest BCUT2D eigenvalue weighted by molar-refractivity contribution is -0.136. The number of hydrogen-bond donors (Lipinski definition) is 2. The van der Waals surface area contributed by atoms with Crippen LogP contribution in [-0.2, 0) is 14.4 Å². The molecule has 0 aromatic carbocycles. The summed E-state index contributed by atoms with van der Waals surface area (Å²) in [7, 11) is 0. The largest absolute Gasteiger partial charge is 0.478 e. The molecule has 2 N–H and O–H groups in total. The summed E-state index contributed by atoms with van der Waals surface area (Å²) in [5.41, 5.74) is -0.557.